The summed E-state index contributed by atoms with van der Waals surface area (Å²) in [5.74, 6) is -1.94. The fourth-order valence-corrected chi connectivity index (χ4v) is 1.66. The van der Waals surface area contributed by atoms with Crippen molar-refractivity contribution in [2.45, 2.75) is 13.8 Å². The number of allylic oxidation sites excluding steroid dienone is 4. The molecule has 5 heteroatoms. The van der Waals surface area contributed by atoms with E-state index in [2.05, 4.69) is 11.6 Å². The van der Waals surface area contributed by atoms with Crippen LogP contribution in [0.15, 0.2) is 59.1 Å². The van der Waals surface area contributed by atoms with Crippen molar-refractivity contribution in [3.05, 3.63) is 65.5 Å². The highest BCUT2D eigenvalue weighted by atomic mass is 19.1. The highest BCUT2D eigenvalue weighted by Gasteiger charge is 2.17. The summed E-state index contributed by atoms with van der Waals surface area (Å²) in [5, 5.41) is 0. The van der Waals surface area contributed by atoms with Crippen LogP contribution in [0.5, 0.6) is 0 Å². The van der Waals surface area contributed by atoms with Gasteiger partial charge < -0.3 is 5.73 Å². The van der Waals surface area contributed by atoms with Crippen LogP contribution in [0.25, 0.3) is 0 Å². The van der Waals surface area contributed by atoms with Gasteiger partial charge in [-0.1, -0.05) is 24.8 Å². The first-order valence-electron chi connectivity index (χ1n) is 6.54. The minimum absolute atomic E-state index is 0.103. The number of rotatable bonds is 6. The van der Waals surface area contributed by atoms with Crippen molar-refractivity contribution in [2.75, 3.05) is 0 Å². The number of carbonyl (C=O) groups is 2. The number of benzene rings is 1. The van der Waals surface area contributed by atoms with Crippen LogP contribution in [0.3, 0.4) is 0 Å². The maximum absolute atomic E-state index is 13.7. The molecule has 1 amide bonds. The molecule has 0 heterocycles. The molecule has 0 aliphatic heterocycles. The number of aliphatic imine (C=N–C) groups is 1. The first-order valence-corrected chi connectivity index (χ1v) is 6.54. The van der Waals surface area contributed by atoms with E-state index in [1.807, 2.05) is 0 Å². The average molecular weight is 300 g/mol. The summed E-state index contributed by atoms with van der Waals surface area (Å²) in [6, 6.07) is 4.56. The van der Waals surface area contributed by atoms with Gasteiger partial charge in [-0.3, -0.25) is 14.6 Å². The number of nitrogens with two attached hydrogens (primary N) is 1. The van der Waals surface area contributed by atoms with E-state index in [-0.39, 0.29) is 16.8 Å². The Hall–Kier alpha value is -2.82. The van der Waals surface area contributed by atoms with E-state index in [9.17, 15) is 14.0 Å². The average Bonchev–Trinajstić information content (AvgIpc) is 2.46. The van der Waals surface area contributed by atoms with Gasteiger partial charge in [0, 0.05) is 11.8 Å². The molecular weight excluding hydrogens is 283 g/mol. The van der Waals surface area contributed by atoms with Gasteiger partial charge in [-0.25, -0.2) is 4.39 Å². The second kappa shape index (κ2) is 7.83. The molecule has 0 fully saturated rings. The number of carbonyl (C=O) groups excluding carboxylic acids is 2. The molecule has 2 N–H and O–H groups in total. The Morgan fingerprint density at radius 2 is 2.05 bits per heavy atom. The number of ketones is 1. The van der Waals surface area contributed by atoms with Crippen LogP contribution in [0, 0.1) is 12.7 Å². The third-order valence-electron chi connectivity index (χ3n) is 2.81. The van der Waals surface area contributed by atoms with Crippen LogP contribution in [0.4, 0.5) is 10.1 Å². The number of amides is 1. The topological polar surface area (TPSA) is 72.5 Å². The lowest BCUT2D eigenvalue weighted by Gasteiger charge is -2.03. The number of Topliss-reactive ketones (excluding diaryl/α,β-unsaturated/α-hetero) is 1. The van der Waals surface area contributed by atoms with Crippen molar-refractivity contribution in [2.24, 2.45) is 10.7 Å². The van der Waals surface area contributed by atoms with Crippen molar-refractivity contribution in [1.29, 1.82) is 0 Å². The van der Waals surface area contributed by atoms with Crippen LogP contribution in [0.2, 0.25) is 0 Å². The number of primary amides is 1. The SMILES string of the molecule is C=C/C=C(\C(N)=O)C(=O)/C(C=Nc1ccc(C)cc1F)=C/C. The lowest BCUT2D eigenvalue weighted by Crippen LogP contribution is -2.22. The number of hydrogen-bond donors (Lipinski definition) is 1. The zero-order chi connectivity index (χ0) is 16.7. The monoisotopic (exact) mass is 300 g/mol. The molecule has 0 saturated heterocycles. The second-order valence-corrected chi connectivity index (χ2v) is 4.47. The van der Waals surface area contributed by atoms with Gasteiger partial charge in [-0.2, -0.15) is 0 Å². The summed E-state index contributed by atoms with van der Waals surface area (Å²) in [4.78, 5) is 27.4. The van der Waals surface area contributed by atoms with E-state index >= 15 is 0 Å². The highest BCUT2D eigenvalue weighted by molar-refractivity contribution is 6.31. The summed E-state index contributed by atoms with van der Waals surface area (Å²) in [6.45, 7) is 6.79. The fraction of sp³-hybridized carbons (Fsp3) is 0.118. The standard InChI is InChI=1S/C17H17FN2O2/c1-4-6-13(17(19)22)16(21)12(5-2)10-20-15-8-7-11(3)9-14(15)18/h4-10H,1H2,2-3H3,(H2,19,22)/b12-5+,13-6-,20-10?. The highest BCUT2D eigenvalue weighted by Crippen LogP contribution is 2.18. The van der Waals surface area contributed by atoms with Crippen LogP contribution in [-0.4, -0.2) is 17.9 Å². The van der Waals surface area contributed by atoms with Crippen molar-refractivity contribution in [1.82, 2.24) is 0 Å². The minimum atomic E-state index is -0.862. The maximum Gasteiger partial charge on any atom is 0.252 e. The van der Waals surface area contributed by atoms with Gasteiger partial charge in [0.15, 0.2) is 5.78 Å². The predicted octanol–water partition coefficient (Wildman–Crippen LogP) is 2.95. The normalized spacial score (nSPS) is 12.5. The van der Waals surface area contributed by atoms with Crippen molar-refractivity contribution >= 4 is 23.6 Å². The smallest absolute Gasteiger partial charge is 0.252 e. The van der Waals surface area contributed by atoms with Gasteiger partial charge in [0.05, 0.1) is 11.3 Å². The third kappa shape index (κ3) is 4.34. The molecule has 0 atom stereocenters. The van der Waals surface area contributed by atoms with E-state index in [0.717, 1.165) is 5.56 Å². The lowest BCUT2D eigenvalue weighted by atomic mass is 10.0. The largest absolute Gasteiger partial charge is 0.365 e. The van der Waals surface area contributed by atoms with Gasteiger partial charge in [0.2, 0.25) is 0 Å². The Labute approximate surface area is 128 Å². The van der Waals surface area contributed by atoms with E-state index in [0.29, 0.717) is 0 Å². The molecule has 0 radical (unpaired) electrons. The third-order valence-corrected chi connectivity index (χ3v) is 2.81. The Morgan fingerprint density at radius 1 is 1.36 bits per heavy atom. The summed E-state index contributed by atoms with van der Waals surface area (Å²) in [5.41, 5.74) is 5.95. The maximum atomic E-state index is 13.7. The summed E-state index contributed by atoms with van der Waals surface area (Å²) in [6.07, 6.45) is 5.20. The quantitative estimate of drug-likeness (QED) is 0.288. The first-order chi connectivity index (χ1) is 10.4. The molecule has 0 saturated carbocycles. The van der Waals surface area contributed by atoms with Gasteiger partial charge >= 0.3 is 0 Å². The summed E-state index contributed by atoms with van der Waals surface area (Å²) in [7, 11) is 0. The van der Waals surface area contributed by atoms with E-state index in [4.69, 9.17) is 5.73 Å². The fourth-order valence-electron chi connectivity index (χ4n) is 1.66. The Balaban J connectivity index is 3.10. The van der Waals surface area contributed by atoms with Crippen molar-refractivity contribution in [3.63, 3.8) is 0 Å². The minimum Gasteiger partial charge on any atom is -0.365 e. The second-order valence-electron chi connectivity index (χ2n) is 4.47. The van der Waals surface area contributed by atoms with Gasteiger partial charge in [0.1, 0.15) is 5.82 Å². The molecular formula is C17H17FN2O2. The number of nitrogens with zero attached hydrogens (tertiary/aromatic N) is 1. The summed E-state index contributed by atoms with van der Waals surface area (Å²) >= 11 is 0. The molecule has 0 unspecified atom stereocenters. The number of hydrogen-bond acceptors (Lipinski definition) is 3. The van der Waals surface area contributed by atoms with E-state index < -0.39 is 17.5 Å². The van der Waals surface area contributed by atoms with Crippen molar-refractivity contribution < 1.29 is 14.0 Å². The van der Waals surface area contributed by atoms with Crippen LogP contribution < -0.4 is 5.73 Å². The zero-order valence-corrected chi connectivity index (χ0v) is 12.5. The molecule has 1 rings (SSSR count). The van der Waals surface area contributed by atoms with Gasteiger partial charge in [-0.05, 0) is 37.6 Å². The van der Waals surface area contributed by atoms with Crippen molar-refractivity contribution in [3.8, 4) is 0 Å². The molecule has 22 heavy (non-hydrogen) atoms. The Bertz CT molecular complexity index is 701. The van der Waals surface area contributed by atoms with Gasteiger partial charge in [-0.15, -0.1) is 0 Å². The number of halogens is 1. The van der Waals surface area contributed by atoms with Crippen LogP contribution in [-0.2, 0) is 9.59 Å². The van der Waals surface area contributed by atoms with Crippen LogP contribution in [0.1, 0.15) is 12.5 Å². The Kier molecular flexibility index (Phi) is 6.13. The predicted molar refractivity (Wildman–Crippen MR) is 85.5 cm³/mol. The molecule has 114 valence electrons. The number of aryl methyl sites for hydroxylation is 1. The van der Waals surface area contributed by atoms with Gasteiger partial charge in [0.25, 0.3) is 5.91 Å². The molecule has 0 aliphatic rings. The first kappa shape index (κ1) is 17.2. The molecule has 1 aromatic carbocycles. The molecule has 4 nitrogen and oxygen atoms in total. The molecule has 0 spiro atoms. The van der Waals surface area contributed by atoms with Crippen LogP contribution >= 0.6 is 0 Å². The molecule has 0 aliphatic carbocycles. The molecule has 0 bridgehead atoms. The Morgan fingerprint density at radius 3 is 2.55 bits per heavy atom. The molecule has 1 aromatic rings. The van der Waals surface area contributed by atoms with E-state index in [1.54, 1.807) is 19.9 Å². The van der Waals surface area contributed by atoms with E-state index in [1.165, 1.54) is 36.6 Å². The summed E-state index contributed by atoms with van der Waals surface area (Å²) < 4.78 is 13.7. The molecule has 0 aromatic heterocycles. The zero-order valence-electron chi connectivity index (χ0n) is 12.5. The lowest BCUT2D eigenvalue weighted by molar-refractivity contribution is -0.118.